The Morgan fingerprint density at radius 1 is 1.08 bits per heavy atom. The van der Waals surface area contributed by atoms with Gasteiger partial charge in [-0.25, -0.2) is 4.39 Å². The van der Waals surface area contributed by atoms with E-state index in [2.05, 4.69) is 0 Å². The Hall–Kier alpha value is -2.20. The summed E-state index contributed by atoms with van der Waals surface area (Å²) >= 11 is 0. The molecule has 2 aromatic carbocycles. The molecule has 2 fully saturated rings. The van der Waals surface area contributed by atoms with Crippen molar-refractivity contribution in [3.8, 4) is 11.1 Å². The molecule has 2 aliphatic rings. The molecule has 1 heterocycles. The summed E-state index contributed by atoms with van der Waals surface area (Å²) in [5.41, 5.74) is 9.09. The van der Waals surface area contributed by atoms with Gasteiger partial charge in [0.2, 0.25) is 5.91 Å². The van der Waals surface area contributed by atoms with Crippen molar-refractivity contribution in [3.63, 3.8) is 0 Å². The van der Waals surface area contributed by atoms with Crippen LogP contribution >= 0.6 is 0 Å². The molecule has 3 nitrogen and oxygen atoms in total. The van der Waals surface area contributed by atoms with E-state index in [-0.39, 0.29) is 29.6 Å². The Kier molecular flexibility index (Phi) is 4.77. The first-order chi connectivity index (χ1) is 12.6. The summed E-state index contributed by atoms with van der Waals surface area (Å²) in [6.45, 7) is 1.54. The molecule has 1 aliphatic heterocycles. The number of carbonyl (C=O) groups excluding carboxylic acids is 1. The van der Waals surface area contributed by atoms with Crippen LogP contribution in [-0.2, 0) is 4.79 Å². The quantitative estimate of drug-likeness (QED) is 0.909. The van der Waals surface area contributed by atoms with Gasteiger partial charge in [0.25, 0.3) is 0 Å². The standard InChI is InChI=1S/C22H25FN2O/c23-16-8-9-18(15-5-2-1-3-6-15)19(13-16)20-14-21(20)22(26)25-11-4-7-17(24)10-12-25/h1-3,5-6,8-9,13,17,20-21H,4,7,10-12,14,24H2. The lowest BCUT2D eigenvalue weighted by Gasteiger charge is -2.21. The Morgan fingerprint density at radius 3 is 2.69 bits per heavy atom. The van der Waals surface area contributed by atoms with Crippen molar-refractivity contribution in [3.05, 3.63) is 59.9 Å². The van der Waals surface area contributed by atoms with Crippen LogP contribution in [0.3, 0.4) is 0 Å². The molecule has 1 aliphatic carbocycles. The summed E-state index contributed by atoms with van der Waals surface area (Å²) in [4.78, 5) is 14.9. The van der Waals surface area contributed by atoms with Crippen molar-refractivity contribution in [2.24, 2.45) is 11.7 Å². The predicted molar refractivity (Wildman–Crippen MR) is 101 cm³/mol. The molecule has 0 radical (unpaired) electrons. The molecule has 2 N–H and O–H groups in total. The van der Waals surface area contributed by atoms with Gasteiger partial charge in [0.15, 0.2) is 0 Å². The summed E-state index contributed by atoms with van der Waals surface area (Å²) < 4.78 is 13.9. The number of likely N-dealkylation sites (tertiary alicyclic amines) is 1. The molecule has 0 aromatic heterocycles. The van der Waals surface area contributed by atoms with Crippen molar-refractivity contribution >= 4 is 5.91 Å². The van der Waals surface area contributed by atoms with Gasteiger partial charge >= 0.3 is 0 Å². The fourth-order valence-corrected chi connectivity index (χ4v) is 4.11. The van der Waals surface area contributed by atoms with E-state index in [1.807, 2.05) is 41.3 Å². The smallest absolute Gasteiger partial charge is 0.226 e. The summed E-state index contributed by atoms with van der Waals surface area (Å²) in [5, 5.41) is 0. The normalized spacial score (nSPS) is 25.6. The summed E-state index contributed by atoms with van der Waals surface area (Å²) in [6, 6.07) is 15.2. The Bertz CT molecular complexity index is 792. The highest BCUT2D eigenvalue weighted by molar-refractivity contribution is 5.84. The number of halogens is 1. The first-order valence-corrected chi connectivity index (χ1v) is 9.52. The molecular weight excluding hydrogens is 327 g/mol. The van der Waals surface area contributed by atoms with Crippen molar-refractivity contribution in [1.82, 2.24) is 4.90 Å². The molecule has 1 saturated heterocycles. The average Bonchev–Trinajstić information content (AvgIpc) is 3.46. The molecular formula is C22H25FN2O. The SMILES string of the molecule is NC1CCCN(C(=O)C2CC2c2cc(F)ccc2-c2ccccc2)CC1. The number of amides is 1. The van der Waals surface area contributed by atoms with E-state index >= 15 is 0 Å². The van der Waals surface area contributed by atoms with Gasteiger partial charge in [-0.1, -0.05) is 36.4 Å². The third kappa shape index (κ3) is 3.51. The first-order valence-electron chi connectivity index (χ1n) is 9.52. The molecule has 1 saturated carbocycles. The minimum Gasteiger partial charge on any atom is -0.342 e. The number of carbonyl (C=O) groups is 1. The number of nitrogens with zero attached hydrogens (tertiary/aromatic N) is 1. The highest BCUT2D eigenvalue weighted by Crippen LogP contribution is 2.51. The molecule has 1 amide bonds. The molecule has 4 heteroatoms. The molecule has 0 spiro atoms. The van der Waals surface area contributed by atoms with E-state index in [4.69, 9.17) is 5.73 Å². The van der Waals surface area contributed by atoms with Crippen LogP contribution in [0.5, 0.6) is 0 Å². The monoisotopic (exact) mass is 352 g/mol. The molecule has 26 heavy (non-hydrogen) atoms. The summed E-state index contributed by atoms with van der Waals surface area (Å²) in [6.07, 6.45) is 3.64. The van der Waals surface area contributed by atoms with E-state index < -0.39 is 0 Å². The maximum absolute atomic E-state index is 13.9. The lowest BCUT2D eigenvalue weighted by atomic mass is 9.95. The highest BCUT2D eigenvalue weighted by atomic mass is 19.1. The van der Waals surface area contributed by atoms with Crippen molar-refractivity contribution < 1.29 is 9.18 Å². The van der Waals surface area contributed by atoms with Gasteiger partial charge in [0.05, 0.1) is 0 Å². The maximum Gasteiger partial charge on any atom is 0.226 e. The second kappa shape index (κ2) is 7.20. The number of benzene rings is 2. The molecule has 0 bridgehead atoms. The van der Waals surface area contributed by atoms with E-state index in [0.29, 0.717) is 0 Å². The number of hydrogen-bond acceptors (Lipinski definition) is 2. The van der Waals surface area contributed by atoms with Crippen LogP contribution < -0.4 is 5.73 Å². The fourth-order valence-electron chi connectivity index (χ4n) is 4.11. The van der Waals surface area contributed by atoms with Crippen LogP contribution in [0.4, 0.5) is 4.39 Å². The van der Waals surface area contributed by atoms with Gasteiger partial charge in [-0.15, -0.1) is 0 Å². The average molecular weight is 352 g/mol. The molecule has 136 valence electrons. The zero-order valence-corrected chi connectivity index (χ0v) is 14.9. The highest BCUT2D eigenvalue weighted by Gasteiger charge is 2.46. The summed E-state index contributed by atoms with van der Waals surface area (Å²) in [7, 11) is 0. The molecule has 3 atom stereocenters. The lowest BCUT2D eigenvalue weighted by Crippen LogP contribution is -2.34. The van der Waals surface area contributed by atoms with E-state index in [1.165, 1.54) is 6.07 Å². The van der Waals surface area contributed by atoms with Crippen LogP contribution in [0.2, 0.25) is 0 Å². The largest absolute Gasteiger partial charge is 0.342 e. The Labute approximate surface area is 154 Å². The zero-order chi connectivity index (χ0) is 18.1. The zero-order valence-electron chi connectivity index (χ0n) is 14.9. The molecule has 3 unspecified atom stereocenters. The maximum atomic E-state index is 13.9. The molecule has 2 aromatic rings. The van der Waals surface area contributed by atoms with Crippen LogP contribution in [0, 0.1) is 11.7 Å². The van der Waals surface area contributed by atoms with Gasteiger partial charge in [0, 0.05) is 25.0 Å². The molecule has 4 rings (SSSR count). The van der Waals surface area contributed by atoms with Crippen LogP contribution in [0.15, 0.2) is 48.5 Å². The minimum atomic E-state index is -0.237. The predicted octanol–water partition coefficient (Wildman–Crippen LogP) is 3.94. The van der Waals surface area contributed by atoms with E-state index in [9.17, 15) is 9.18 Å². The van der Waals surface area contributed by atoms with Crippen LogP contribution in [0.25, 0.3) is 11.1 Å². The first kappa shape index (κ1) is 17.2. The van der Waals surface area contributed by atoms with E-state index in [1.54, 1.807) is 6.07 Å². The van der Waals surface area contributed by atoms with Crippen molar-refractivity contribution in [2.45, 2.75) is 37.6 Å². The van der Waals surface area contributed by atoms with Gasteiger partial charge < -0.3 is 10.6 Å². The number of nitrogens with two attached hydrogens (primary N) is 1. The van der Waals surface area contributed by atoms with Crippen molar-refractivity contribution in [2.75, 3.05) is 13.1 Å². The lowest BCUT2D eigenvalue weighted by molar-refractivity contribution is -0.132. The van der Waals surface area contributed by atoms with Gasteiger partial charge in [0.1, 0.15) is 5.82 Å². The van der Waals surface area contributed by atoms with Gasteiger partial charge in [-0.3, -0.25) is 4.79 Å². The summed E-state index contributed by atoms with van der Waals surface area (Å²) in [5.74, 6) is 0.0739. The second-order valence-electron chi connectivity index (χ2n) is 7.56. The number of rotatable bonds is 3. The Balaban J connectivity index is 1.55. The third-order valence-corrected chi connectivity index (χ3v) is 5.69. The third-order valence-electron chi connectivity index (χ3n) is 5.69. The number of hydrogen-bond donors (Lipinski definition) is 1. The Morgan fingerprint density at radius 2 is 1.88 bits per heavy atom. The van der Waals surface area contributed by atoms with Crippen LogP contribution in [0.1, 0.15) is 37.2 Å². The van der Waals surface area contributed by atoms with Gasteiger partial charge in [-0.05, 0) is 60.4 Å². The van der Waals surface area contributed by atoms with Crippen LogP contribution in [-0.4, -0.2) is 29.9 Å². The van der Waals surface area contributed by atoms with Gasteiger partial charge in [-0.2, -0.15) is 0 Å². The minimum absolute atomic E-state index is 0.0198. The fraction of sp³-hybridized carbons (Fsp3) is 0.409. The second-order valence-corrected chi connectivity index (χ2v) is 7.56. The van der Waals surface area contributed by atoms with Crippen molar-refractivity contribution in [1.29, 1.82) is 0 Å². The van der Waals surface area contributed by atoms with E-state index in [0.717, 1.165) is 55.5 Å². The topological polar surface area (TPSA) is 46.3 Å².